The molecule has 0 aliphatic heterocycles. The van der Waals surface area contributed by atoms with Crippen LogP contribution in [0.4, 0.5) is 0 Å². The number of carbonyl (C=O) groups is 1. The van der Waals surface area contributed by atoms with E-state index in [0.29, 0.717) is 12.2 Å². The monoisotopic (exact) mass is 268 g/mol. The Morgan fingerprint density at radius 3 is 2.89 bits per heavy atom. The van der Waals surface area contributed by atoms with E-state index in [1.165, 1.54) is 23.9 Å². The van der Waals surface area contributed by atoms with Crippen LogP contribution in [0.15, 0.2) is 6.20 Å². The number of carbonyl (C=O) groups excluding carboxylic acids is 1. The van der Waals surface area contributed by atoms with Crippen LogP contribution in [0, 0.1) is 0 Å². The molecule has 0 aromatic carbocycles. The highest BCUT2D eigenvalue weighted by Gasteiger charge is 2.11. The number of hydrogen-bond acceptors (Lipinski definition) is 5. The summed E-state index contributed by atoms with van der Waals surface area (Å²) in [5.41, 5.74) is 6.09. The smallest absolute Gasteiger partial charge is 0.328 e. The summed E-state index contributed by atoms with van der Waals surface area (Å²) in [4.78, 5) is 11.7. The number of nitrogens with two attached hydrogens (primary N) is 1. The lowest BCUT2D eigenvalue weighted by molar-refractivity contribution is -0.149. The highest BCUT2D eigenvalue weighted by Crippen LogP contribution is 2.08. The zero-order valence-corrected chi connectivity index (χ0v) is 11.8. The van der Waals surface area contributed by atoms with Gasteiger partial charge in [0.15, 0.2) is 0 Å². The first kappa shape index (κ1) is 15.6. The molecule has 1 heterocycles. The fourth-order valence-corrected chi connectivity index (χ4v) is 1.82. The Kier molecular flexibility index (Phi) is 7.10. The summed E-state index contributed by atoms with van der Waals surface area (Å²) in [6, 6.07) is 0. The largest absolute Gasteiger partial charge is 0.461 e. The predicted octanol–water partition coefficient (Wildman–Crippen LogP) is 1.64. The second-order valence-corrected chi connectivity index (χ2v) is 4.76. The number of unbranched alkanes of at least 4 members (excludes halogenated alkanes) is 3. The van der Waals surface area contributed by atoms with Crippen LogP contribution in [0.25, 0.3) is 0 Å². The molecule has 2 N–H and O–H groups in total. The number of ether oxygens (including phenoxy) is 1. The average Bonchev–Trinajstić information content (AvgIpc) is 2.82. The first-order chi connectivity index (χ1) is 9.15. The molecule has 19 heavy (non-hydrogen) atoms. The number of nitrogens with zero attached hydrogens (tertiary/aromatic N) is 3. The molecule has 1 atom stereocenters. The molecule has 0 fully saturated rings. The number of hydrogen-bond donors (Lipinski definition) is 1. The Morgan fingerprint density at radius 1 is 1.47 bits per heavy atom. The van der Waals surface area contributed by atoms with E-state index < -0.39 is 0 Å². The lowest BCUT2D eigenvalue weighted by Crippen LogP contribution is -2.20. The molecule has 1 aromatic heterocycles. The molecule has 108 valence electrons. The molecule has 0 saturated carbocycles. The topological polar surface area (TPSA) is 83.0 Å². The zero-order chi connectivity index (χ0) is 14.1. The van der Waals surface area contributed by atoms with Crippen molar-refractivity contribution in [3.63, 3.8) is 0 Å². The van der Waals surface area contributed by atoms with Crippen molar-refractivity contribution in [2.75, 3.05) is 0 Å². The standard InChI is InChI=1S/C13H24N4O2/c1-3-4-5-6-7-11(2)19-13(18)10-17-9-12(8-14)15-16-17/h9,11H,3-8,10,14H2,1-2H3. The van der Waals surface area contributed by atoms with Crippen molar-refractivity contribution in [3.8, 4) is 0 Å². The zero-order valence-electron chi connectivity index (χ0n) is 11.8. The molecule has 1 aromatic rings. The van der Waals surface area contributed by atoms with Crippen molar-refractivity contribution in [2.45, 2.75) is 65.1 Å². The van der Waals surface area contributed by atoms with Gasteiger partial charge in [-0.1, -0.05) is 31.4 Å². The molecule has 1 rings (SSSR count). The molecule has 1 unspecified atom stereocenters. The first-order valence-corrected chi connectivity index (χ1v) is 6.94. The quantitative estimate of drug-likeness (QED) is 0.543. The molecule has 0 aliphatic rings. The summed E-state index contributed by atoms with van der Waals surface area (Å²) in [7, 11) is 0. The summed E-state index contributed by atoms with van der Waals surface area (Å²) in [6.45, 7) is 4.52. The normalized spacial score (nSPS) is 12.4. The van der Waals surface area contributed by atoms with Gasteiger partial charge in [-0.15, -0.1) is 5.10 Å². The number of aromatic nitrogens is 3. The Balaban J connectivity index is 2.22. The summed E-state index contributed by atoms with van der Waals surface area (Å²) in [5.74, 6) is -0.281. The fraction of sp³-hybridized carbons (Fsp3) is 0.769. The van der Waals surface area contributed by atoms with Gasteiger partial charge in [0.1, 0.15) is 6.54 Å². The summed E-state index contributed by atoms with van der Waals surface area (Å²) in [6.07, 6.45) is 7.28. The minimum Gasteiger partial charge on any atom is -0.461 e. The Morgan fingerprint density at radius 2 is 2.26 bits per heavy atom. The molecule has 0 radical (unpaired) electrons. The van der Waals surface area contributed by atoms with E-state index >= 15 is 0 Å². The highest BCUT2D eigenvalue weighted by molar-refractivity contribution is 5.69. The van der Waals surface area contributed by atoms with E-state index in [4.69, 9.17) is 10.5 Å². The van der Waals surface area contributed by atoms with Crippen molar-refractivity contribution in [2.24, 2.45) is 5.73 Å². The molecule has 0 saturated heterocycles. The maximum absolute atomic E-state index is 11.7. The van der Waals surface area contributed by atoms with E-state index in [-0.39, 0.29) is 18.6 Å². The van der Waals surface area contributed by atoms with E-state index in [1.54, 1.807) is 6.20 Å². The van der Waals surface area contributed by atoms with Gasteiger partial charge in [0, 0.05) is 6.54 Å². The molecule has 0 aliphatic carbocycles. The first-order valence-electron chi connectivity index (χ1n) is 6.94. The van der Waals surface area contributed by atoms with E-state index in [9.17, 15) is 4.79 Å². The maximum atomic E-state index is 11.7. The highest BCUT2D eigenvalue weighted by atomic mass is 16.5. The van der Waals surface area contributed by atoms with Crippen LogP contribution in [0.1, 0.15) is 51.6 Å². The number of esters is 1. The molecule has 0 bridgehead atoms. The van der Waals surface area contributed by atoms with Crippen molar-refractivity contribution >= 4 is 5.97 Å². The van der Waals surface area contributed by atoms with Crippen LogP contribution in [-0.4, -0.2) is 27.1 Å². The Bertz CT molecular complexity index is 378. The minimum absolute atomic E-state index is 0.0399. The molecule has 0 spiro atoms. The summed E-state index contributed by atoms with van der Waals surface area (Å²) in [5, 5.41) is 7.62. The van der Waals surface area contributed by atoms with Crippen LogP contribution in [0.3, 0.4) is 0 Å². The lowest BCUT2D eigenvalue weighted by Gasteiger charge is -2.12. The van der Waals surface area contributed by atoms with Gasteiger partial charge in [-0.2, -0.15) is 0 Å². The molecular weight excluding hydrogens is 244 g/mol. The van der Waals surface area contributed by atoms with Crippen molar-refractivity contribution in [3.05, 3.63) is 11.9 Å². The van der Waals surface area contributed by atoms with Gasteiger partial charge in [-0.05, 0) is 19.8 Å². The maximum Gasteiger partial charge on any atom is 0.328 e. The van der Waals surface area contributed by atoms with Crippen LogP contribution in [0.5, 0.6) is 0 Å². The SMILES string of the molecule is CCCCCCC(C)OC(=O)Cn1cc(CN)nn1. The number of rotatable bonds is 9. The third kappa shape index (κ3) is 6.33. The molecule has 6 heteroatoms. The lowest BCUT2D eigenvalue weighted by atomic mass is 10.1. The van der Waals surface area contributed by atoms with E-state index in [1.807, 2.05) is 6.92 Å². The second kappa shape index (κ2) is 8.63. The van der Waals surface area contributed by atoms with Gasteiger partial charge >= 0.3 is 5.97 Å². The molecule has 0 amide bonds. The average molecular weight is 268 g/mol. The Labute approximate surface area is 114 Å². The molecule has 6 nitrogen and oxygen atoms in total. The van der Waals surface area contributed by atoms with Gasteiger partial charge in [0.2, 0.25) is 0 Å². The predicted molar refractivity (Wildman–Crippen MR) is 72.2 cm³/mol. The summed E-state index contributed by atoms with van der Waals surface area (Å²) >= 11 is 0. The third-order valence-corrected chi connectivity index (χ3v) is 2.88. The fourth-order valence-electron chi connectivity index (χ4n) is 1.82. The van der Waals surface area contributed by atoms with Crippen molar-refractivity contribution in [1.29, 1.82) is 0 Å². The molecular formula is C13H24N4O2. The van der Waals surface area contributed by atoms with Gasteiger partial charge in [-0.25, -0.2) is 4.68 Å². The van der Waals surface area contributed by atoms with Gasteiger partial charge in [0.05, 0.1) is 18.0 Å². The van der Waals surface area contributed by atoms with Crippen LogP contribution < -0.4 is 5.73 Å². The summed E-state index contributed by atoms with van der Waals surface area (Å²) < 4.78 is 6.77. The van der Waals surface area contributed by atoms with Gasteiger partial charge in [0.25, 0.3) is 0 Å². The van der Waals surface area contributed by atoms with E-state index in [0.717, 1.165) is 12.8 Å². The van der Waals surface area contributed by atoms with Crippen LogP contribution in [0.2, 0.25) is 0 Å². The van der Waals surface area contributed by atoms with Crippen LogP contribution in [-0.2, 0) is 22.6 Å². The minimum atomic E-state index is -0.281. The van der Waals surface area contributed by atoms with Gasteiger partial charge < -0.3 is 10.5 Å². The Hall–Kier alpha value is -1.43. The third-order valence-electron chi connectivity index (χ3n) is 2.88. The van der Waals surface area contributed by atoms with Crippen molar-refractivity contribution in [1.82, 2.24) is 15.0 Å². The van der Waals surface area contributed by atoms with E-state index in [2.05, 4.69) is 17.2 Å². The van der Waals surface area contributed by atoms with Crippen LogP contribution >= 0.6 is 0 Å². The van der Waals surface area contributed by atoms with Gasteiger partial charge in [-0.3, -0.25) is 4.79 Å². The second-order valence-electron chi connectivity index (χ2n) is 4.76. The van der Waals surface area contributed by atoms with Crippen molar-refractivity contribution < 1.29 is 9.53 Å².